The smallest absolute Gasteiger partial charge is 0.330 e. The molecule has 0 unspecified atom stereocenters. The van der Waals surface area contributed by atoms with Gasteiger partial charge in [0.05, 0.1) is 0 Å². The minimum absolute atomic E-state index is 0.127. The SMILES string of the molecule is O=C(O)CCc1ccc(O[C@@H]2O[C@H](COC(=O)/C=C/c3ccc(O)c(O)c3)[C@@H](O)[C@H](O)[C@H]2O)c(O)c1. The lowest BCUT2D eigenvalue weighted by Crippen LogP contribution is -2.60. The van der Waals surface area contributed by atoms with E-state index in [0.29, 0.717) is 11.1 Å². The van der Waals surface area contributed by atoms with Crippen LogP contribution in [0.4, 0.5) is 0 Å². The van der Waals surface area contributed by atoms with Gasteiger partial charge in [-0.2, -0.15) is 0 Å². The molecule has 1 saturated heterocycles. The Morgan fingerprint density at radius 3 is 2.33 bits per heavy atom. The summed E-state index contributed by atoms with van der Waals surface area (Å²) >= 11 is 0. The zero-order chi connectivity index (χ0) is 26.4. The standard InChI is InChI=1S/C24H26O12/c25-14-5-1-12(9-15(14)26)4-8-20(30)34-11-18-21(31)22(32)23(33)24(36-18)35-17-6-2-13(10-16(17)27)3-7-19(28)29/h1-2,4-6,8-10,18,21-27,31-33H,3,7,11H2,(H,28,29)/b8-4+/t18-,21-,22+,23-,24-/m1/s1. The third-order valence-corrected chi connectivity index (χ3v) is 5.36. The minimum Gasteiger partial charge on any atom is -0.504 e. The van der Waals surface area contributed by atoms with Crippen molar-refractivity contribution in [3.8, 4) is 23.0 Å². The Kier molecular flexibility index (Phi) is 8.72. The lowest BCUT2D eigenvalue weighted by molar-refractivity contribution is -0.278. The molecule has 1 aliphatic heterocycles. The van der Waals surface area contributed by atoms with Crippen molar-refractivity contribution in [3.63, 3.8) is 0 Å². The largest absolute Gasteiger partial charge is 0.504 e. The van der Waals surface area contributed by atoms with E-state index in [1.165, 1.54) is 42.5 Å². The maximum absolute atomic E-state index is 12.0. The molecular weight excluding hydrogens is 480 g/mol. The summed E-state index contributed by atoms with van der Waals surface area (Å²) < 4.78 is 15.9. The zero-order valence-electron chi connectivity index (χ0n) is 18.8. The van der Waals surface area contributed by atoms with Crippen LogP contribution in [0.25, 0.3) is 6.08 Å². The predicted octanol–water partition coefficient (Wildman–Crippen LogP) is 0.264. The van der Waals surface area contributed by atoms with Crippen LogP contribution in [0.5, 0.6) is 23.0 Å². The van der Waals surface area contributed by atoms with Gasteiger partial charge in [0.25, 0.3) is 0 Å². The van der Waals surface area contributed by atoms with Gasteiger partial charge in [-0.1, -0.05) is 12.1 Å². The van der Waals surface area contributed by atoms with E-state index >= 15 is 0 Å². The van der Waals surface area contributed by atoms with Crippen LogP contribution < -0.4 is 4.74 Å². The number of carboxylic acids is 1. The van der Waals surface area contributed by atoms with Gasteiger partial charge in [-0.25, -0.2) is 4.79 Å². The summed E-state index contributed by atoms with van der Waals surface area (Å²) in [6.45, 7) is -0.519. The first kappa shape index (κ1) is 26.8. The quantitative estimate of drug-likeness (QED) is 0.139. The molecule has 3 rings (SSSR count). The molecule has 2 aromatic rings. The molecule has 1 heterocycles. The van der Waals surface area contributed by atoms with Crippen molar-refractivity contribution in [3.05, 3.63) is 53.6 Å². The van der Waals surface area contributed by atoms with Gasteiger partial charge in [-0.15, -0.1) is 0 Å². The van der Waals surface area contributed by atoms with Gasteiger partial charge in [0.1, 0.15) is 31.0 Å². The molecule has 0 bridgehead atoms. The van der Waals surface area contributed by atoms with E-state index in [-0.39, 0.29) is 35.8 Å². The van der Waals surface area contributed by atoms with Crippen molar-refractivity contribution in [1.82, 2.24) is 0 Å². The van der Waals surface area contributed by atoms with E-state index in [0.717, 1.165) is 6.08 Å². The molecule has 7 N–H and O–H groups in total. The second kappa shape index (κ2) is 11.7. The van der Waals surface area contributed by atoms with Gasteiger partial charge in [0.2, 0.25) is 6.29 Å². The Morgan fingerprint density at radius 2 is 1.67 bits per heavy atom. The third kappa shape index (κ3) is 6.86. The molecule has 0 aromatic heterocycles. The molecule has 0 amide bonds. The second-order valence-corrected chi connectivity index (χ2v) is 8.04. The number of esters is 1. The van der Waals surface area contributed by atoms with Crippen molar-refractivity contribution in [2.75, 3.05) is 6.61 Å². The number of benzene rings is 2. The van der Waals surface area contributed by atoms with Crippen molar-refractivity contribution in [2.45, 2.75) is 43.5 Å². The maximum Gasteiger partial charge on any atom is 0.330 e. The number of rotatable bonds is 9. The molecule has 0 radical (unpaired) electrons. The molecule has 12 heteroatoms. The van der Waals surface area contributed by atoms with Crippen molar-refractivity contribution < 1.29 is 59.5 Å². The molecule has 36 heavy (non-hydrogen) atoms. The molecule has 12 nitrogen and oxygen atoms in total. The van der Waals surface area contributed by atoms with E-state index in [1.807, 2.05) is 0 Å². The topological polar surface area (TPSA) is 203 Å². The fraction of sp³-hybridized carbons (Fsp3) is 0.333. The fourth-order valence-electron chi connectivity index (χ4n) is 3.37. The number of aryl methyl sites for hydroxylation is 1. The highest BCUT2D eigenvalue weighted by molar-refractivity contribution is 5.87. The van der Waals surface area contributed by atoms with E-state index in [2.05, 4.69) is 0 Å². The van der Waals surface area contributed by atoms with Crippen LogP contribution in [0.2, 0.25) is 0 Å². The van der Waals surface area contributed by atoms with E-state index < -0.39 is 49.3 Å². The summed E-state index contributed by atoms with van der Waals surface area (Å²) in [7, 11) is 0. The van der Waals surface area contributed by atoms with Crippen LogP contribution in [-0.2, 0) is 25.5 Å². The molecule has 0 spiro atoms. The number of phenols is 3. The minimum atomic E-state index is -1.72. The van der Waals surface area contributed by atoms with Crippen LogP contribution >= 0.6 is 0 Å². The number of aliphatic carboxylic acids is 1. The first-order chi connectivity index (χ1) is 17.0. The fourth-order valence-corrected chi connectivity index (χ4v) is 3.37. The van der Waals surface area contributed by atoms with Crippen LogP contribution in [0, 0.1) is 0 Å². The highest BCUT2D eigenvalue weighted by atomic mass is 16.7. The zero-order valence-corrected chi connectivity index (χ0v) is 18.8. The average molecular weight is 506 g/mol. The number of carbonyl (C=O) groups excluding carboxylic acids is 1. The number of ether oxygens (including phenoxy) is 3. The van der Waals surface area contributed by atoms with E-state index in [9.17, 15) is 40.2 Å². The highest BCUT2D eigenvalue weighted by Gasteiger charge is 2.45. The van der Waals surface area contributed by atoms with Crippen LogP contribution in [-0.4, -0.2) is 85.0 Å². The molecule has 0 aliphatic carbocycles. The number of phenolic OH excluding ortho intramolecular Hbond substituents is 3. The number of carboxylic acid groups (broad SMARTS) is 1. The Hall–Kier alpha value is -3.84. The average Bonchev–Trinajstić information content (AvgIpc) is 2.84. The summed E-state index contributed by atoms with van der Waals surface area (Å²) in [5.74, 6) is -3.02. The lowest BCUT2D eigenvalue weighted by Gasteiger charge is -2.39. The number of aliphatic hydroxyl groups is 3. The van der Waals surface area contributed by atoms with Crippen molar-refractivity contribution in [2.24, 2.45) is 0 Å². The van der Waals surface area contributed by atoms with E-state index in [4.69, 9.17) is 19.3 Å². The van der Waals surface area contributed by atoms with Gasteiger partial charge in [0.15, 0.2) is 23.0 Å². The van der Waals surface area contributed by atoms with Gasteiger partial charge >= 0.3 is 11.9 Å². The molecule has 194 valence electrons. The summed E-state index contributed by atoms with van der Waals surface area (Å²) in [6, 6.07) is 8.04. The van der Waals surface area contributed by atoms with Crippen LogP contribution in [0.3, 0.4) is 0 Å². The third-order valence-electron chi connectivity index (χ3n) is 5.36. The number of hydrogen-bond acceptors (Lipinski definition) is 11. The first-order valence-corrected chi connectivity index (χ1v) is 10.8. The first-order valence-electron chi connectivity index (χ1n) is 10.8. The Morgan fingerprint density at radius 1 is 0.917 bits per heavy atom. The number of carbonyl (C=O) groups is 2. The maximum atomic E-state index is 12.0. The second-order valence-electron chi connectivity index (χ2n) is 8.04. The molecule has 2 aromatic carbocycles. The predicted molar refractivity (Wildman–Crippen MR) is 121 cm³/mol. The van der Waals surface area contributed by atoms with Crippen LogP contribution in [0.1, 0.15) is 17.5 Å². The molecule has 1 aliphatic rings. The number of hydrogen-bond donors (Lipinski definition) is 7. The Labute approximate surface area is 204 Å². The van der Waals surface area contributed by atoms with Gasteiger partial charge < -0.3 is 50.0 Å². The normalized spacial score (nSPS) is 23.9. The van der Waals surface area contributed by atoms with Gasteiger partial charge in [-0.3, -0.25) is 4.79 Å². The Balaban J connectivity index is 1.60. The Bertz CT molecular complexity index is 1110. The monoisotopic (exact) mass is 506 g/mol. The molecule has 5 atom stereocenters. The number of aromatic hydroxyl groups is 3. The number of aliphatic hydroxyl groups excluding tert-OH is 3. The van der Waals surface area contributed by atoms with Crippen LogP contribution in [0.15, 0.2) is 42.5 Å². The van der Waals surface area contributed by atoms with Gasteiger partial charge in [0, 0.05) is 12.5 Å². The summed E-state index contributed by atoms with van der Waals surface area (Å²) in [5.41, 5.74) is 0.931. The van der Waals surface area contributed by atoms with E-state index in [1.54, 1.807) is 0 Å². The summed E-state index contributed by atoms with van der Waals surface area (Å²) in [5, 5.41) is 68.4. The molecule has 0 saturated carbocycles. The van der Waals surface area contributed by atoms with Crippen molar-refractivity contribution in [1.29, 1.82) is 0 Å². The molecule has 1 fully saturated rings. The molecular formula is C24H26O12. The van der Waals surface area contributed by atoms with Gasteiger partial charge in [-0.05, 0) is 47.9 Å². The summed E-state index contributed by atoms with van der Waals surface area (Å²) in [6.07, 6.45) is -5.51. The summed E-state index contributed by atoms with van der Waals surface area (Å²) in [4.78, 5) is 22.7. The highest BCUT2D eigenvalue weighted by Crippen LogP contribution is 2.31. The lowest BCUT2D eigenvalue weighted by atomic mass is 9.99. The van der Waals surface area contributed by atoms with Crippen molar-refractivity contribution >= 4 is 18.0 Å².